The molecule has 1 heterocycles. The summed E-state index contributed by atoms with van der Waals surface area (Å²) in [7, 11) is 2.95. The van der Waals surface area contributed by atoms with Crippen LogP contribution in [0.4, 0.5) is 0 Å². The highest BCUT2D eigenvalue weighted by Gasteiger charge is 2.14. The number of aromatic amines is 1. The van der Waals surface area contributed by atoms with E-state index in [1.165, 1.54) is 7.11 Å². The van der Waals surface area contributed by atoms with Crippen molar-refractivity contribution in [1.29, 1.82) is 0 Å². The largest absolute Gasteiger partial charge is 0.495 e. The summed E-state index contributed by atoms with van der Waals surface area (Å²) in [5.74, 6) is 0.294. The fraction of sp³-hybridized carbons (Fsp3) is 0.308. The molecule has 0 bridgehead atoms. The second-order valence-corrected chi connectivity index (χ2v) is 3.97. The van der Waals surface area contributed by atoms with Crippen molar-refractivity contribution in [3.8, 4) is 5.75 Å². The monoisotopic (exact) mass is 233 g/mol. The van der Waals surface area contributed by atoms with Crippen LogP contribution in [0.5, 0.6) is 5.75 Å². The smallest absolute Gasteiger partial charge is 0.338 e. The number of methoxy groups -OCH3 is 2. The number of aryl methyl sites for hydroxylation is 2. The van der Waals surface area contributed by atoms with Crippen molar-refractivity contribution in [3.05, 3.63) is 29.0 Å². The highest BCUT2D eigenvalue weighted by Crippen LogP contribution is 2.30. The molecular formula is C13H15NO3. The molecular weight excluding hydrogens is 218 g/mol. The lowest BCUT2D eigenvalue weighted by Gasteiger charge is -2.05. The maximum atomic E-state index is 11.6. The van der Waals surface area contributed by atoms with Crippen LogP contribution in [0.15, 0.2) is 12.1 Å². The van der Waals surface area contributed by atoms with Crippen molar-refractivity contribution in [2.45, 2.75) is 13.8 Å². The van der Waals surface area contributed by atoms with Gasteiger partial charge >= 0.3 is 5.97 Å². The molecule has 0 amide bonds. The summed E-state index contributed by atoms with van der Waals surface area (Å²) in [6.07, 6.45) is 0. The Morgan fingerprint density at radius 2 is 1.94 bits per heavy atom. The van der Waals surface area contributed by atoms with Gasteiger partial charge < -0.3 is 14.5 Å². The molecule has 1 N–H and O–H groups in total. The first kappa shape index (κ1) is 11.5. The highest BCUT2D eigenvalue weighted by molar-refractivity contribution is 5.98. The van der Waals surface area contributed by atoms with Gasteiger partial charge in [0.2, 0.25) is 0 Å². The predicted octanol–water partition coefficient (Wildman–Crippen LogP) is 2.58. The maximum absolute atomic E-state index is 11.6. The average molecular weight is 233 g/mol. The molecule has 1 aromatic carbocycles. The molecule has 0 atom stereocenters. The molecule has 90 valence electrons. The maximum Gasteiger partial charge on any atom is 0.338 e. The molecule has 0 aliphatic carbocycles. The van der Waals surface area contributed by atoms with Crippen LogP contribution in [0.1, 0.15) is 21.6 Å². The zero-order valence-electron chi connectivity index (χ0n) is 10.4. The second-order valence-electron chi connectivity index (χ2n) is 3.97. The van der Waals surface area contributed by atoms with Crippen LogP contribution in [-0.4, -0.2) is 25.2 Å². The average Bonchev–Trinajstić information content (AvgIpc) is 2.63. The minimum Gasteiger partial charge on any atom is -0.495 e. The number of hydrogen-bond acceptors (Lipinski definition) is 3. The molecule has 0 saturated carbocycles. The number of benzene rings is 1. The molecule has 0 aliphatic rings. The number of carbonyl (C=O) groups is 1. The fourth-order valence-electron chi connectivity index (χ4n) is 1.92. The number of esters is 1. The Balaban J connectivity index is 2.75. The highest BCUT2D eigenvalue weighted by atomic mass is 16.5. The van der Waals surface area contributed by atoms with Crippen LogP contribution in [-0.2, 0) is 4.74 Å². The van der Waals surface area contributed by atoms with Gasteiger partial charge in [-0.25, -0.2) is 4.79 Å². The van der Waals surface area contributed by atoms with E-state index in [1.807, 2.05) is 19.9 Å². The Labute approximate surface area is 99.5 Å². The number of ether oxygens (including phenoxy) is 2. The third-order valence-corrected chi connectivity index (χ3v) is 3.02. The summed E-state index contributed by atoms with van der Waals surface area (Å²) < 4.78 is 10.0. The molecule has 1 aromatic heterocycles. The van der Waals surface area contributed by atoms with E-state index in [1.54, 1.807) is 13.2 Å². The Morgan fingerprint density at radius 1 is 1.24 bits per heavy atom. The molecule has 4 heteroatoms. The van der Waals surface area contributed by atoms with Crippen LogP contribution in [0.2, 0.25) is 0 Å². The number of rotatable bonds is 2. The van der Waals surface area contributed by atoms with Crippen LogP contribution in [0.25, 0.3) is 10.9 Å². The minimum atomic E-state index is -0.358. The third-order valence-electron chi connectivity index (χ3n) is 3.02. The number of aromatic nitrogens is 1. The van der Waals surface area contributed by atoms with Crippen LogP contribution >= 0.6 is 0 Å². The van der Waals surface area contributed by atoms with E-state index in [0.717, 1.165) is 22.2 Å². The predicted molar refractivity (Wildman–Crippen MR) is 65.7 cm³/mol. The van der Waals surface area contributed by atoms with E-state index in [0.29, 0.717) is 11.3 Å². The molecule has 0 saturated heterocycles. The first-order valence-electron chi connectivity index (χ1n) is 5.33. The molecule has 0 fully saturated rings. The van der Waals surface area contributed by atoms with Gasteiger partial charge in [0.05, 0.1) is 25.3 Å². The van der Waals surface area contributed by atoms with Gasteiger partial charge in [0.1, 0.15) is 5.75 Å². The van der Waals surface area contributed by atoms with E-state index in [2.05, 4.69) is 4.98 Å². The van der Waals surface area contributed by atoms with E-state index in [-0.39, 0.29) is 5.97 Å². The summed E-state index contributed by atoms with van der Waals surface area (Å²) in [5, 5.41) is 0.988. The van der Waals surface area contributed by atoms with Gasteiger partial charge in [0, 0.05) is 11.1 Å². The molecule has 0 spiro atoms. The van der Waals surface area contributed by atoms with E-state index in [4.69, 9.17) is 9.47 Å². The first-order valence-corrected chi connectivity index (χ1v) is 5.33. The number of nitrogens with one attached hydrogen (secondary N) is 1. The van der Waals surface area contributed by atoms with Crippen molar-refractivity contribution in [2.75, 3.05) is 14.2 Å². The van der Waals surface area contributed by atoms with Gasteiger partial charge in [-0.2, -0.15) is 0 Å². The molecule has 0 radical (unpaired) electrons. The van der Waals surface area contributed by atoms with Gasteiger partial charge in [-0.15, -0.1) is 0 Å². The van der Waals surface area contributed by atoms with Gasteiger partial charge in [-0.3, -0.25) is 0 Å². The zero-order chi connectivity index (χ0) is 12.6. The van der Waals surface area contributed by atoms with Crippen molar-refractivity contribution >= 4 is 16.9 Å². The lowest BCUT2D eigenvalue weighted by atomic mass is 10.1. The van der Waals surface area contributed by atoms with Gasteiger partial charge in [-0.05, 0) is 31.5 Å². The minimum absolute atomic E-state index is 0.358. The third kappa shape index (κ3) is 1.75. The van der Waals surface area contributed by atoms with Crippen LogP contribution in [0, 0.1) is 13.8 Å². The van der Waals surface area contributed by atoms with Crippen molar-refractivity contribution in [2.24, 2.45) is 0 Å². The normalized spacial score (nSPS) is 10.6. The quantitative estimate of drug-likeness (QED) is 0.811. The van der Waals surface area contributed by atoms with E-state index < -0.39 is 0 Å². The lowest BCUT2D eigenvalue weighted by molar-refractivity contribution is 0.0600. The summed E-state index contributed by atoms with van der Waals surface area (Å²) in [6.45, 7) is 4.00. The van der Waals surface area contributed by atoms with E-state index >= 15 is 0 Å². The molecule has 0 unspecified atom stereocenters. The molecule has 4 nitrogen and oxygen atoms in total. The Hall–Kier alpha value is -1.97. The Morgan fingerprint density at radius 3 is 2.53 bits per heavy atom. The standard InChI is InChI=1S/C13H15NO3/c1-7-8(2)14-12-10(7)5-9(13(15)17-4)6-11(12)16-3/h5-6,14H,1-4H3. The molecule has 2 aromatic rings. The fourth-order valence-corrected chi connectivity index (χ4v) is 1.92. The first-order chi connectivity index (χ1) is 8.08. The van der Waals surface area contributed by atoms with Crippen molar-refractivity contribution in [3.63, 3.8) is 0 Å². The number of hydrogen-bond donors (Lipinski definition) is 1. The van der Waals surface area contributed by atoms with Gasteiger partial charge in [0.15, 0.2) is 0 Å². The molecule has 0 aliphatic heterocycles. The van der Waals surface area contributed by atoms with Crippen molar-refractivity contribution < 1.29 is 14.3 Å². The zero-order valence-corrected chi connectivity index (χ0v) is 10.4. The van der Waals surface area contributed by atoms with Crippen LogP contribution in [0.3, 0.4) is 0 Å². The summed E-state index contributed by atoms with van der Waals surface area (Å²) in [4.78, 5) is 14.8. The molecule has 2 rings (SSSR count). The summed E-state index contributed by atoms with van der Waals surface area (Å²) >= 11 is 0. The number of fused-ring (bicyclic) bond motifs is 1. The Bertz CT molecular complexity index is 584. The lowest BCUT2D eigenvalue weighted by Crippen LogP contribution is -2.01. The number of carbonyl (C=O) groups excluding carboxylic acids is 1. The van der Waals surface area contributed by atoms with Gasteiger partial charge in [0.25, 0.3) is 0 Å². The van der Waals surface area contributed by atoms with Gasteiger partial charge in [-0.1, -0.05) is 0 Å². The topological polar surface area (TPSA) is 51.3 Å². The number of H-pyrrole nitrogens is 1. The summed E-state index contributed by atoms with van der Waals surface area (Å²) in [6, 6.07) is 3.51. The second kappa shape index (κ2) is 4.13. The van der Waals surface area contributed by atoms with E-state index in [9.17, 15) is 4.79 Å². The SMILES string of the molecule is COC(=O)c1cc(OC)c2[nH]c(C)c(C)c2c1. The Kier molecular flexibility index (Phi) is 2.79. The van der Waals surface area contributed by atoms with Crippen molar-refractivity contribution in [1.82, 2.24) is 4.98 Å². The van der Waals surface area contributed by atoms with Crippen LogP contribution < -0.4 is 4.74 Å². The molecule has 17 heavy (non-hydrogen) atoms. The summed E-state index contributed by atoms with van der Waals surface area (Å²) in [5.41, 5.74) is 3.60.